The zero-order valence-electron chi connectivity index (χ0n) is 9.74. The Morgan fingerprint density at radius 1 is 1.50 bits per heavy atom. The second-order valence-electron chi connectivity index (χ2n) is 3.82. The lowest BCUT2D eigenvalue weighted by atomic mass is 10.2. The second-order valence-corrected chi connectivity index (χ2v) is 6.06. The van der Waals surface area contributed by atoms with Crippen LogP contribution in [0.5, 0.6) is 0 Å². The highest BCUT2D eigenvalue weighted by molar-refractivity contribution is 9.10. The zero-order valence-corrected chi connectivity index (χ0v) is 12.1. The summed E-state index contributed by atoms with van der Waals surface area (Å²) in [6.45, 7) is 1.95. The third-order valence-electron chi connectivity index (χ3n) is 2.18. The van der Waals surface area contributed by atoms with E-state index in [1.54, 1.807) is 30.8 Å². The number of amides is 1. The van der Waals surface area contributed by atoms with Crippen LogP contribution in [0, 0.1) is 0 Å². The number of rotatable bonds is 4. The van der Waals surface area contributed by atoms with Crippen molar-refractivity contribution in [1.82, 2.24) is 4.90 Å². The van der Waals surface area contributed by atoms with Crippen molar-refractivity contribution >= 4 is 33.6 Å². The molecule has 0 radical (unpaired) electrons. The van der Waals surface area contributed by atoms with E-state index in [-0.39, 0.29) is 11.2 Å². The van der Waals surface area contributed by atoms with Crippen LogP contribution >= 0.6 is 27.7 Å². The Morgan fingerprint density at radius 2 is 2.19 bits per heavy atom. The zero-order chi connectivity index (χ0) is 12.1. The van der Waals surface area contributed by atoms with Crippen molar-refractivity contribution in [3.05, 3.63) is 34.3 Å². The van der Waals surface area contributed by atoms with E-state index >= 15 is 0 Å². The van der Waals surface area contributed by atoms with Crippen molar-refractivity contribution in [3.8, 4) is 0 Å². The number of nitrogens with zero attached hydrogens (tertiary/aromatic N) is 1. The summed E-state index contributed by atoms with van der Waals surface area (Å²) in [4.78, 5) is 13.3. The van der Waals surface area contributed by atoms with Gasteiger partial charge in [0.05, 0.1) is 5.25 Å². The summed E-state index contributed by atoms with van der Waals surface area (Å²) < 4.78 is 1.08. The summed E-state index contributed by atoms with van der Waals surface area (Å²) in [5.41, 5.74) is 1.23. The fourth-order valence-corrected chi connectivity index (χ4v) is 2.70. The molecule has 0 saturated heterocycles. The lowest BCUT2D eigenvalue weighted by Crippen LogP contribution is -2.29. The Bertz CT molecular complexity index is 368. The fourth-order valence-electron chi connectivity index (χ4n) is 1.28. The van der Waals surface area contributed by atoms with Crippen LogP contribution in [0.25, 0.3) is 0 Å². The Kier molecular flexibility index (Phi) is 5.35. The van der Waals surface area contributed by atoms with Crippen molar-refractivity contribution in [2.75, 3.05) is 14.1 Å². The number of hydrogen-bond acceptors (Lipinski definition) is 2. The molecule has 0 aliphatic heterocycles. The van der Waals surface area contributed by atoms with Crippen LogP contribution in [0.15, 0.2) is 28.7 Å². The summed E-state index contributed by atoms with van der Waals surface area (Å²) in [6, 6.07) is 8.17. The summed E-state index contributed by atoms with van der Waals surface area (Å²) in [6.07, 6.45) is 0. The lowest BCUT2D eigenvalue weighted by molar-refractivity contribution is -0.127. The maximum absolute atomic E-state index is 11.6. The first-order valence-corrected chi connectivity index (χ1v) is 6.92. The first kappa shape index (κ1) is 13.6. The van der Waals surface area contributed by atoms with E-state index < -0.39 is 0 Å². The minimum Gasteiger partial charge on any atom is -0.348 e. The molecule has 88 valence electrons. The molecule has 1 unspecified atom stereocenters. The molecule has 0 bridgehead atoms. The van der Waals surface area contributed by atoms with Gasteiger partial charge in [-0.3, -0.25) is 4.79 Å². The van der Waals surface area contributed by atoms with Gasteiger partial charge in [-0.05, 0) is 24.6 Å². The average molecular weight is 302 g/mol. The topological polar surface area (TPSA) is 20.3 Å². The van der Waals surface area contributed by atoms with Gasteiger partial charge in [-0.25, -0.2) is 0 Å². The molecule has 1 atom stereocenters. The number of benzene rings is 1. The van der Waals surface area contributed by atoms with Gasteiger partial charge in [0.25, 0.3) is 0 Å². The van der Waals surface area contributed by atoms with Gasteiger partial charge in [0.15, 0.2) is 0 Å². The van der Waals surface area contributed by atoms with E-state index in [1.807, 2.05) is 19.1 Å². The maximum Gasteiger partial charge on any atom is 0.234 e. The number of carbonyl (C=O) groups is 1. The van der Waals surface area contributed by atoms with E-state index in [4.69, 9.17) is 0 Å². The number of thioether (sulfide) groups is 1. The molecule has 0 saturated carbocycles. The molecule has 2 nitrogen and oxygen atoms in total. The molecular weight excluding hydrogens is 286 g/mol. The van der Waals surface area contributed by atoms with E-state index in [2.05, 4.69) is 28.1 Å². The minimum atomic E-state index is 0.00832. The third kappa shape index (κ3) is 4.18. The van der Waals surface area contributed by atoms with Crippen LogP contribution in [-0.2, 0) is 10.5 Å². The van der Waals surface area contributed by atoms with Crippen LogP contribution in [0.3, 0.4) is 0 Å². The molecule has 16 heavy (non-hydrogen) atoms. The van der Waals surface area contributed by atoms with Crippen LogP contribution in [0.4, 0.5) is 0 Å². The van der Waals surface area contributed by atoms with Gasteiger partial charge in [0.2, 0.25) is 5.91 Å². The first-order valence-electron chi connectivity index (χ1n) is 5.08. The predicted molar refractivity (Wildman–Crippen MR) is 73.6 cm³/mol. The molecule has 0 aliphatic rings. The highest BCUT2D eigenvalue weighted by atomic mass is 79.9. The molecular formula is C12H16BrNOS. The predicted octanol–water partition coefficient (Wildman–Crippen LogP) is 3.16. The fraction of sp³-hybridized carbons (Fsp3) is 0.417. The number of hydrogen-bond donors (Lipinski definition) is 0. The van der Waals surface area contributed by atoms with Gasteiger partial charge >= 0.3 is 0 Å². The molecule has 1 amide bonds. The van der Waals surface area contributed by atoms with E-state index in [1.165, 1.54) is 5.56 Å². The minimum absolute atomic E-state index is 0.00832. The smallest absolute Gasteiger partial charge is 0.234 e. The molecule has 0 N–H and O–H groups in total. The standard InChI is InChI=1S/C12H16BrNOS/c1-9(12(15)14(2)3)16-8-10-5-4-6-11(13)7-10/h4-7,9H,8H2,1-3H3. The SMILES string of the molecule is CC(SCc1cccc(Br)c1)C(=O)N(C)C. The summed E-state index contributed by atoms with van der Waals surface area (Å²) in [7, 11) is 3.58. The van der Waals surface area contributed by atoms with Crippen molar-refractivity contribution in [2.24, 2.45) is 0 Å². The molecule has 0 spiro atoms. The summed E-state index contributed by atoms with van der Waals surface area (Å²) in [5, 5.41) is 0.00832. The van der Waals surface area contributed by atoms with Crippen molar-refractivity contribution in [1.29, 1.82) is 0 Å². The average Bonchev–Trinajstić information content (AvgIpc) is 2.24. The van der Waals surface area contributed by atoms with Crippen LogP contribution in [0.1, 0.15) is 12.5 Å². The summed E-state index contributed by atoms with van der Waals surface area (Å²) in [5.74, 6) is 1.03. The molecule has 0 fully saturated rings. The van der Waals surface area contributed by atoms with E-state index in [0.717, 1.165) is 10.2 Å². The van der Waals surface area contributed by atoms with Crippen LogP contribution in [0.2, 0.25) is 0 Å². The second kappa shape index (κ2) is 6.30. The Balaban J connectivity index is 2.49. The molecule has 1 rings (SSSR count). The third-order valence-corrected chi connectivity index (χ3v) is 3.87. The Labute approximate surface area is 110 Å². The van der Waals surface area contributed by atoms with Crippen LogP contribution in [-0.4, -0.2) is 30.2 Å². The van der Waals surface area contributed by atoms with E-state index in [0.29, 0.717) is 0 Å². The maximum atomic E-state index is 11.6. The first-order chi connectivity index (χ1) is 7.50. The van der Waals surface area contributed by atoms with Gasteiger partial charge in [-0.1, -0.05) is 28.1 Å². The van der Waals surface area contributed by atoms with Gasteiger partial charge in [-0.15, -0.1) is 11.8 Å². The molecule has 0 aromatic heterocycles. The van der Waals surface area contributed by atoms with E-state index in [9.17, 15) is 4.79 Å². The summed E-state index contributed by atoms with van der Waals surface area (Å²) >= 11 is 5.10. The van der Waals surface area contributed by atoms with Gasteiger partial charge in [0.1, 0.15) is 0 Å². The van der Waals surface area contributed by atoms with Crippen molar-refractivity contribution in [2.45, 2.75) is 17.9 Å². The van der Waals surface area contributed by atoms with Crippen molar-refractivity contribution < 1.29 is 4.79 Å². The van der Waals surface area contributed by atoms with Gasteiger partial charge < -0.3 is 4.90 Å². The lowest BCUT2D eigenvalue weighted by Gasteiger charge is -2.16. The molecule has 4 heteroatoms. The molecule has 1 aromatic carbocycles. The highest BCUT2D eigenvalue weighted by Crippen LogP contribution is 2.21. The normalized spacial score (nSPS) is 12.2. The van der Waals surface area contributed by atoms with Gasteiger partial charge in [0, 0.05) is 24.3 Å². The molecule has 0 heterocycles. The highest BCUT2D eigenvalue weighted by Gasteiger charge is 2.14. The number of halogens is 1. The quantitative estimate of drug-likeness (QED) is 0.851. The monoisotopic (exact) mass is 301 g/mol. The largest absolute Gasteiger partial charge is 0.348 e. The Morgan fingerprint density at radius 3 is 2.75 bits per heavy atom. The molecule has 1 aromatic rings. The Hall–Kier alpha value is -0.480. The van der Waals surface area contributed by atoms with Gasteiger partial charge in [-0.2, -0.15) is 0 Å². The van der Waals surface area contributed by atoms with Crippen molar-refractivity contribution in [3.63, 3.8) is 0 Å². The molecule has 0 aliphatic carbocycles. The van der Waals surface area contributed by atoms with Crippen LogP contribution < -0.4 is 0 Å². The number of carbonyl (C=O) groups excluding carboxylic acids is 1.